The van der Waals surface area contributed by atoms with E-state index in [-0.39, 0.29) is 5.91 Å². The van der Waals surface area contributed by atoms with E-state index in [9.17, 15) is 4.79 Å². The molecule has 0 atom stereocenters. The molecule has 1 aliphatic heterocycles. The predicted molar refractivity (Wildman–Crippen MR) is 97.1 cm³/mol. The number of halogens is 1. The van der Waals surface area contributed by atoms with Crippen LogP contribution in [-0.2, 0) is 16.9 Å². The van der Waals surface area contributed by atoms with E-state index in [2.05, 4.69) is 25.5 Å². The lowest BCUT2D eigenvalue weighted by Gasteiger charge is -2.13. The average Bonchev–Trinajstić information content (AvgIpc) is 3.33. The number of hydrogen-bond acceptors (Lipinski definition) is 7. The van der Waals surface area contributed by atoms with Gasteiger partial charge < -0.3 is 15.8 Å². The van der Waals surface area contributed by atoms with E-state index in [1.54, 1.807) is 15.6 Å². The minimum absolute atomic E-state index is 0.372. The van der Waals surface area contributed by atoms with Crippen molar-refractivity contribution in [2.45, 2.75) is 38.3 Å². The minimum Gasteiger partial charge on any atom is -0.475 e. The zero-order chi connectivity index (χ0) is 18.8. The number of rotatable bonds is 2. The van der Waals surface area contributed by atoms with Gasteiger partial charge in [-0.15, -0.1) is 5.10 Å². The van der Waals surface area contributed by atoms with Crippen LogP contribution in [0.15, 0.2) is 6.20 Å². The van der Waals surface area contributed by atoms with Crippen LogP contribution in [0.3, 0.4) is 0 Å². The number of carbonyl (C=O) groups excluding carboxylic acids is 1. The molecule has 3 aromatic rings. The minimum atomic E-state index is -0.768. The average molecular weight is 389 g/mol. The molecular weight excluding hydrogens is 372 g/mol. The third kappa shape index (κ3) is 2.36. The summed E-state index contributed by atoms with van der Waals surface area (Å²) in [5, 5.41) is 13.1. The summed E-state index contributed by atoms with van der Waals surface area (Å²) >= 11 is 6.18. The monoisotopic (exact) mass is 388 g/mol. The van der Waals surface area contributed by atoms with Gasteiger partial charge in [0.2, 0.25) is 11.9 Å². The molecule has 10 nitrogen and oxygen atoms in total. The molecule has 1 saturated carbocycles. The Kier molecular flexibility index (Phi) is 3.36. The Morgan fingerprint density at radius 3 is 2.96 bits per heavy atom. The van der Waals surface area contributed by atoms with Gasteiger partial charge >= 0.3 is 0 Å². The van der Waals surface area contributed by atoms with Crippen molar-refractivity contribution >= 4 is 40.2 Å². The van der Waals surface area contributed by atoms with Crippen molar-refractivity contribution in [2.24, 2.45) is 5.73 Å². The molecule has 3 N–H and O–H groups in total. The number of aromatic nitrogens is 6. The number of ether oxygens (including phenoxy) is 1. The van der Waals surface area contributed by atoms with Gasteiger partial charge in [-0.05, 0) is 19.8 Å². The van der Waals surface area contributed by atoms with E-state index < -0.39 is 5.54 Å². The Morgan fingerprint density at radius 2 is 2.22 bits per heavy atom. The summed E-state index contributed by atoms with van der Waals surface area (Å²) in [6.45, 7) is 2.89. The lowest BCUT2D eigenvalue weighted by atomic mass is 10.2. The van der Waals surface area contributed by atoms with Crippen LogP contribution in [0.2, 0.25) is 5.15 Å². The summed E-state index contributed by atoms with van der Waals surface area (Å²) in [4.78, 5) is 20.8. The summed E-state index contributed by atoms with van der Waals surface area (Å²) in [5.41, 5.74) is 6.87. The lowest BCUT2D eigenvalue weighted by molar-refractivity contribution is -0.122. The summed E-state index contributed by atoms with van der Waals surface area (Å²) in [6.07, 6.45) is 3.67. The molecule has 4 heterocycles. The normalized spacial score (nSPS) is 17.7. The summed E-state index contributed by atoms with van der Waals surface area (Å²) < 4.78 is 9.30. The highest BCUT2D eigenvalue weighted by atomic mass is 35.5. The van der Waals surface area contributed by atoms with Crippen LogP contribution in [-0.4, -0.2) is 42.0 Å². The number of aryl methyl sites for hydroxylation is 1. The van der Waals surface area contributed by atoms with Crippen LogP contribution in [0, 0.1) is 6.92 Å². The molecule has 11 heteroatoms. The number of anilines is 2. The summed E-state index contributed by atoms with van der Waals surface area (Å²) in [6, 6.07) is 0. The molecule has 140 valence electrons. The van der Waals surface area contributed by atoms with Crippen LogP contribution in [0.1, 0.15) is 25.0 Å². The Balaban J connectivity index is 1.63. The fraction of sp³-hybridized carbons (Fsp3) is 0.438. The van der Waals surface area contributed by atoms with E-state index in [1.165, 1.54) is 0 Å². The molecule has 0 spiro atoms. The molecular formula is C16H17ClN8O2. The fourth-order valence-electron chi connectivity index (χ4n) is 3.45. The highest BCUT2D eigenvalue weighted by Crippen LogP contribution is 2.46. The van der Waals surface area contributed by atoms with E-state index in [0.29, 0.717) is 66.1 Å². The second-order valence-electron chi connectivity index (χ2n) is 6.85. The maximum absolute atomic E-state index is 11.9. The Hall–Kier alpha value is -2.88. The number of primary amides is 1. The van der Waals surface area contributed by atoms with Gasteiger partial charge in [0.1, 0.15) is 11.2 Å². The first-order valence-corrected chi connectivity index (χ1v) is 9.06. The van der Waals surface area contributed by atoms with Crippen molar-refractivity contribution in [3.63, 3.8) is 0 Å². The number of amides is 1. The summed E-state index contributed by atoms with van der Waals surface area (Å²) in [7, 11) is 0. The lowest BCUT2D eigenvalue weighted by Crippen LogP contribution is -2.35. The number of carbonyl (C=O) groups is 1. The number of hydrogen-bond donors (Lipinski definition) is 2. The summed E-state index contributed by atoms with van der Waals surface area (Å²) in [5.74, 6) is 0.392. The van der Waals surface area contributed by atoms with Crippen molar-refractivity contribution in [3.05, 3.63) is 17.0 Å². The van der Waals surface area contributed by atoms with Gasteiger partial charge in [-0.2, -0.15) is 10.1 Å². The van der Waals surface area contributed by atoms with Gasteiger partial charge in [0, 0.05) is 19.2 Å². The zero-order valence-corrected chi connectivity index (χ0v) is 15.3. The van der Waals surface area contributed by atoms with Gasteiger partial charge in [0.05, 0.1) is 17.7 Å². The molecule has 1 fully saturated rings. The van der Waals surface area contributed by atoms with E-state index in [4.69, 9.17) is 22.1 Å². The van der Waals surface area contributed by atoms with Crippen molar-refractivity contribution < 1.29 is 9.53 Å². The number of fused-ring (bicyclic) bond motifs is 2. The van der Waals surface area contributed by atoms with Crippen LogP contribution in [0.5, 0.6) is 5.88 Å². The van der Waals surface area contributed by atoms with Crippen molar-refractivity contribution in [3.8, 4) is 5.88 Å². The molecule has 0 unspecified atom stereocenters. The first-order valence-electron chi connectivity index (χ1n) is 8.68. The first kappa shape index (κ1) is 16.3. The number of nitrogens with one attached hydrogen (secondary N) is 1. The van der Waals surface area contributed by atoms with Crippen LogP contribution < -0.4 is 15.8 Å². The van der Waals surface area contributed by atoms with Crippen molar-refractivity contribution in [1.82, 2.24) is 29.5 Å². The van der Waals surface area contributed by atoms with Gasteiger partial charge in [-0.3, -0.25) is 4.79 Å². The largest absolute Gasteiger partial charge is 0.475 e. The van der Waals surface area contributed by atoms with E-state index >= 15 is 0 Å². The first-order chi connectivity index (χ1) is 13.0. The zero-order valence-electron chi connectivity index (χ0n) is 14.6. The molecule has 1 amide bonds. The third-order valence-electron chi connectivity index (χ3n) is 5.11. The maximum Gasteiger partial charge on any atom is 0.257 e. The van der Waals surface area contributed by atoms with Gasteiger partial charge in [-0.1, -0.05) is 11.6 Å². The number of nitrogens with zero attached hydrogens (tertiary/aromatic N) is 6. The third-order valence-corrected chi connectivity index (χ3v) is 5.38. The highest BCUT2D eigenvalue weighted by Gasteiger charge is 2.53. The van der Waals surface area contributed by atoms with Gasteiger partial charge in [0.25, 0.3) is 5.88 Å². The van der Waals surface area contributed by atoms with Crippen LogP contribution >= 0.6 is 11.6 Å². The molecule has 2 aliphatic rings. The van der Waals surface area contributed by atoms with Crippen molar-refractivity contribution in [1.29, 1.82) is 0 Å². The number of nitrogens with two attached hydrogens (primary N) is 1. The smallest absolute Gasteiger partial charge is 0.257 e. The SMILES string of the molecule is Cc1c2c(nn1C1(C(N)=O)CC1)OCCCn1nc(Cl)c3cnc(nc31)N2. The van der Waals surface area contributed by atoms with Gasteiger partial charge in [0.15, 0.2) is 10.8 Å². The standard InChI is InChI=1S/C16H17ClN8O2/c1-8-10-13(23-25(8)16(3-4-16)14(18)26)27-6-2-5-24-12-9(11(17)22-24)7-19-15(20-10)21-12/h7H,2-6H2,1H3,(H2,18,26)(H,19,20,21). The second kappa shape index (κ2) is 5.56. The van der Waals surface area contributed by atoms with Crippen molar-refractivity contribution in [2.75, 3.05) is 11.9 Å². The quantitative estimate of drug-likeness (QED) is 0.680. The maximum atomic E-state index is 11.9. The molecule has 2 bridgehead atoms. The highest BCUT2D eigenvalue weighted by molar-refractivity contribution is 6.34. The second-order valence-corrected chi connectivity index (χ2v) is 7.20. The molecule has 1 aliphatic carbocycles. The molecule has 0 saturated heterocycles. The van der Waals surface area contributed by atoms with E-state index in [0.717, 1.165) is 5.69 Å². The Morgan fingerprint density at radius 1 is 1.41 bits per heavy atom. The van der Waals surface area contributed by atoms with Crippen LogP contribution in [0.4, 0.5) is 11.6 Å². The fourth-order valence-corrected chi connectivity index (χ4v) is 3.68. The van der Waals surface area contributed by atoms with Gasteiger partial charge in [-0.25, -0.2) is 14.3 Å². The van der Waals surface area contributed by atoms with Crippen LogP contribution in [0.25, 0.3) is 11.0 Å². The molecule has 3 aromatic heterocycles. The predicted octanol–water partition coefficient (Wildman–Crippen LogP) is 1.49. The Bertz CT molecular complexity index is 1080. The topological polar surface area (TPSA) is 126 Å². The molecule has 0 radical (unpaired) electrons. The molecule has 27 heavy (non-hydrogen) atoms. The van der Waals surface area contributed by atoms with E-state index in [1.807, 2.05) is 6.92 Å². The molecule has 0 aromatic carbocycles. The Labute approximate surface area is 158 Å². The molecule has 5 rings (SSSR count).